The van der Waals surface area contributed by atoms with Gasteiger partial charge in [0, 0.05) is 5.46 Å². The third-order valence-electron chi connectivity index (χ3n) is 3.74. The molecule has 0 amide bonds. The molecular weight excluding hydrogens is 267 g/mol. The molecule has 0 saturated carbocycles. The summed E-state index contributed by atoms with van der Waals surface area (Å²) in [5.41, 5.74) is -0.739. The van der Waals surface area contributed by atoms with Gasteiger partial charge in [0.1, 0.15) is 17.4 Å². The summed E-state index contributed by atoms with van der Waals surface area (Å²) in [5.74, 6) is -0.646. The number of hydrogen-bond donors (Lipinski definition) is 0. The van der Waals surface area contributed by atoms with Crippen molar-refractivity contribution in [3.63, 3.8) is 0 Å². The van der Waals surface area contributed by atoms with Crippen LogP contribution < -0.4 is 5.46 Å². The van der Waals surface area contributed by atoms with E-state index in [0.29, 0.717) is 5.46 Å². The Morgan fingerprint density at radius 2 is 1.74 bits per heavy atom. The Kier molecular flexibility index (Phi) is 3.38. The van der Waals surface area contributed by atoms with Crippen LogP contribution in [0.2, 0.25) is 5.02 Å². The Hall–Kier alpha value is -1.09. The van der Waals surface area contributed by atoms with Crippen LogP contribution in [0.5, 0.6) is 0 Å². The van der Waals surface area contributed by atoms with Gasteiger partial charge >= 0.3 is 7.12 Å². The van der Waals surface area contributed by atoms with Gasteiger partial charge in [0.2, 0.25) is 0 Å². The van der Waals surface area contributed by atoms with Crippen LogP contribution in [-0.2, 0) is 9.31 Å². The lowest BCUT2D eigenvalue weighted by molar-refractivity contribution is 0.00578. The molecule has 100 valence electrons. The van der Waals surface area contributed by atoms with E-state index in [1.165, 1.54) is 12.1 Å². The third kappa shape index (κ3) is 2.25. The van der Waals surface area contributed by atoms with Crippen LogP contribution in [0.4, 0.5) is 4.39 Å². The second-order valence-corrected chi connectivity index (χ2v) is 5.90. The lowest BCUT2D eigenvalue weighted by Crippen LogP contribution is -2.41. The highest BCUT2D eigenvalue weighted by Crippen LogP contribution is 2.37. The molecule has 0 atom stereocenters. The molecule has 2 rings (SSSR count). The first kappa shape index (κ1) is 14.3. The van der Waals surface area contributed by atoms with Crippen LogP contribution in [0.3, 0.4) is 0 Å². The van der Waals surface area contributed by atoms with E-state index in [0.717, 1.165) is 0 Å². The molecule has 3 nitrogen and oxygen atoms in total. The average molecular weight is 282 g/mol. The van der Waals surface area contributed by atoms with Gasteiger partial charge in [-0.15, -0.1) is 0 Å². The number of hydrogen-bond acceptors (Lipinski definition) is 3. The van der Waals surface area contributed by atoms with Crippen molar-refractivity contribution >= 4 is 24.2 Å². The minimum absolute atomic E-state index is 0.0426. The van der Waals surface area contributed by atoms with Crippen molar-refractivity contribution in [1.29, 1.82) is 5.26 Å². The fourth-order valence-electron chi connectivity index (χ4n) is 1.82. The van der Waals surface area contributed by atoms with Crippen LogP contribution in [0.25, 0.3) is 0 Å². The topological polar surface area (TPSA) is 42.2 Å². The van der Waals surface area contributed by atoms with Gasteiger partial charge in [-0.2, -0.15) is 5.26 Å². The zero-order chi connectivity index (χ0) is 14.4. The SMILES string of the molecule is CC1(C)OB(c2ccc(F)c(C#N)c2Cl)OC1(C)C. The van der Waals surface area contributed by atoms with Crippen molar-refractivity contribution in [2.24, 2.45) is 0 Å². The monoisotopic (exact) mass is 281 g/mol. The summed E-state index contributed by atoms with van der Waals surface area (Å²) in [5, 5.41) is 8.96. The Balaban J connectivity index is 2.44. The Bertz CT molecular complexity index is 552. The van der Waals surface area contributed by atoms with E-state index in [2.05, 4.69) is 0 Å². The molecule has 0 unspecified atom stereocenters. The van der Waals surface area contributed by atoms with Crippen LogP contribution in [0, 0.1) is 17.1 Å². The zero-order valence-corrected chi connectivity index (χ0v) is 12.0. The molecule has 6 heteroatoms. The number of halogens is 2. The molecule has 1 heterocycles. The predicted octanol–water partition coefficient (Wildman–Crippen LogP) is 2.65. The molecule has 19 heavy (non-hydrogen) atoms. The van der Waals surface area contributed by atoms with Gasteiger partial charge in [0.25, 0.3) is 0 Å². The first-order valence-corrected chi connectivity index (χ1v) is 6.31. The normalized spacial score (nSPS) is 20.4. The highest BCUT2D eigenvalue weighted by Gasteiger charge is 2.52. The van der Waals surface area contributed by atoms with Crippen molar-refractivity contribution < 1.29 is 13.7 Å². The van der Waals surface area contributed by atoms with E-state index in [-0.39, 0.29) is 10.6 Å². The second-order valence-electron chi connectivity index (χ2n) is 5.53. The third-order valence-corrected chi connectivity index (χ3v) is 4.15. The summed E-state index contributed by atoms with van der Waals surface area (Å²) in [4.78, 5) is 0. The Morgan fingerprint density at radius 3 is 2.21 bits per heavy atom. The van der Waals surface area contributed by atoms with Gasteiger partial charge in [-0.3, -0.25) is 0 Å². The molecule has 1 aliphatic heterocycles. The minimum Gasteiger partial charge on any atom is -0.399 e. The smallest absolute Gasteiger partial charge is 0.399 e. The maximum atomic E-state index is 13.4. The molecule has 0 N–H and O–H groups in total. The fraction of sp³-hybridized carbons (Fsp3) is 0.462. The molecule has 0 radical (unpaired) electrons. The quantitative estimate of drug-likeness (QED) is 0.743. The maximum Gasteiger partial charge on any atom is 0.496 e. The molecule has 1 aromatic rings. The molecule has 1 fully saturated rings. The number of rotatable bonds is 1. The van der Waals surface area contributed by atoms with E-state index in [1.54, 1.807) is 6.07 Å². The van der Waals surface area contributed by atoms with Crippen molar-refractivity contribution in [1.82, 2.24) is 0 Å². The Labute approximate surface area is 117 Å². The lowest BCUT2D eigenvalue weighted by Gasteiger charge is -2.32. The van der Waals surface area contributed by atoms with Crippen molar-refractivity contribution in [3.05, 3.63) is 28.5 Å². The highest BCUT2D eigenvalue weighted by atomic mass is 35.5. The highest BCUT2D eigenvalue weighted by molar-refractivity contribution is 6.65. The van der Waals surface area contributed by atoms with Crippen LogP contribution in [0.15, 0.2) is 12.1 Å². The minimum atomic E-state index is -0.704. The summed E-state index contributed by atoms with van der Waals surface area (Å²) >= 11 is 6.06. The van der Waals surface area contributed by atoms with Gasteiger partial charge in [-0.05, 0) is 33.8 Å². The molecule has 0 spiro atoms. The standard InChI is InChI=1S/C13H14BClFNO2/c1-12(2)13(3,4)19-14(18-12)9-5-6-10(16)8(7-17)11(9)15/h5-6H,1-4H3. The van der Waals surface area contributed by atoms with E-state index in [9.17, 15) is 4.39 Å². The van der Waals surface area contributed by atoms with Crippen LogP contribution in [-0.4, -0.2) is 18.3 Å². The summed E-state index contributed by atoms with van der Waals surface area (Å²) in [7, 11) is -0.704. The molecule has 0 bridgehead atoms. The fourth-order valence-corrected chi connectivity index (χ4v) is 2.11. The van der Waals surface area contributed by atoms with Crippen LogP contribution in [0.1, 0.15) is 33.3 Å². The van der Waals surface area contributed by atoms with Crippen LogP contribution >= 0.6 is 11.6 Å². The van der Waals surface area contributed by atoms with Crippen molar-refractivity contribution in [2.75, 3.05) is 0 Å². The van der Waals surface area contributed by atoms with Gasteiger partial charge in [0.05, 0.1) is 16.2 Å². The molecule has 1 aliphatic rings. The maximum absolute atomic E-state index is 13.4. The lowest BCUT2D eigenvalue weighted by atomic mass is 9.78. The number of nitrogens with zero attached hydrogens (tertiary/aromatic N) is 1. The van der Waals surface area contributed by atoms with Crippen molar-refractivity contribution in [2.45, 2.75) is 38.9 Å². The number of nitriles is 1. The van der Waals surface area contributed by atoms with Gasteiger partial charge in [-0.25, -0.2) is 4.39 Å². The molecular formula is C13H14BClFNO2. The summed E-state index contributed by atoms with van der Waals surface area (Å²) in [6, 6.07) is 4.44. The second kappa shape index (κ2) is 4.48. The summed E-state index contributed by atoms with van der Waals surface area (Å²) in [6.45, 7) is 7.65. The van der Waals surface area contributed by atoms with E-state index >= 15 is 0 Å². The molecule has 1 aromatic carbocycles. The summed E-state index contributed by atoms with van der Waals surface area (Å²) in [6.07, 6.45) is 0. The van der Waals surface area contributed by atoms with Crippen molar-refractivity contribution in [3.8, 4) is 6.07 Å². The first-order chi connectivity index (χ1) is 8.69. The number of benzene rings is 1. The van der Waals surface area contributed by atoms with Gasteiger partial charge < -0.3 is 9.31 Å². The van der Waals surface area contributed by atoms with E-state index in [4.69, 9.17) is 26.2 Å². The summed E-state index contributed by atoms with van der Waals surface area (Å²) < 4.78 is 25.1. The Morgan fingerprint density at radius 1 is 1.21 bits per heavy atom. The predicted molar refractivity (Wildman–Crippen MR) is 71.8 cm³/mol. The molecule has 1 saturated heterocycles. The van der Waals surface area contributed by atoms with Gasteiger partial charge in [0.15, 0.2) is 0 Å². The molecule has 0 aromatic heterocycles. The zero-order valence-electron chi connectivity index (χ0n) is 11.3. The van der Waals surface area contributed by atoms with Gasteiger partial charge in [-0.1, -0.05) is 17.7 Å². The average Bonchev–Trinajstić information content (AvgIpc) is 2.48. The first-order valence-electron chi connectivity index (χ1n) is 5.93. The molecule has 0 aliphatic carbocycles. The van der Waals surface area contributed by atoms with E-state index < -0.39 is 24.1 Å². The van der Waals surface area contributed by atoms with E-state index in [1.807, 2.05) is 27.7 Å². The largest absolute Gasteiger partial charge is 0.496 e.